The van der Waals surface area contributed by atoms with Gasteiger partial charge in [-0.05, 0) is 24.6 Å². The Morgan fingerprint density at radius 1 is 1.17 bits per heavy atom. The van der Waals surface area contributed by atoms with Gasteiger partial charge in [-0.15, -0.1) is 0 Å². The summed E-state index contributed by atoms with van der Waals surface area (Å²) in [4.78, 5) is 23.7. The first-order valence-corrected chi connectivity index (χ1v) is 9.27. The third kappa shape index (κ3) is 6.81. The molecule has 0 heterocycles. The number of rotatable bonds is 6. The fourth-order valence-corrected chi connectivity index (χ4v) is 2.41. The lowest BCUT2D eigenvalue weighted by atomic mass is 9.96. The molecule has 2 amide bonds. The zero-order valence-corrected chi connectivity index (χ0v) is 14.8. The lowest BCUT2D eigenvalue weighted by molar-refractivity contribution is -0.128. The normalized spacial score (nSPS) is 11.8. The number of hydrogen-bond acceptors (Lipinski definition) is 4. The molecule has 0 bridgehead atoms. The van der Waals surface area contributed by atoms with Crippen molar-refractivity contribution in [1.29, 1.82) is 0 Å². The summed E-state index contributed by atoms with van der Waals surface area (Å²) in [6, 6.07) is 6.12. The van der Waals surface area contributed by atoms with E-state index in [9.17, 15) is 18.0 Å². The van der Waals surface area contributed by atoms with Crippen LogP contribution in [-0.4, -0.2) is 33.0 Å². The van der Waals surface area contributed by atoms with E-state index in [2.05, 4.69) is 10.6 Å². The van der Waals surface area contributed by atoms with Crippen LogP contribution in [0.1, 0.15) is 33.6 Å². The van der Waals surface area contributed by atoms with Crippen LogP contribution in [-0.2, 0) is 19.4 Å². The zero-order valence-electron chi connectivity index (χ0n) is 14.0. The number of carbonyl (C=O) groups excluding carboxylic acids is 2. The summed E-state index contributed by atoms with van der Waals surface area (Å²) in [6.07, 6.45) is 1.87. The van der Waals surface area contributed by atoms with E-state index in [-0.39, 0.29) is 23.1 Å². The second-order valence-corrected chi connectivity index (χ2v) is 8.47. The molecule has 0 aliphatic rings. The van der Waals surface area contributed by atoms with E-state index in [0.717, 1.165) is 6.26 Å². The van der Waals surface area contributed by atoms with Gasteiger partial charge in [0, 0.05) is 30.3 Å². The van der Waals surface area contributed by atoms with Gasteiger partial charge in [-0.1, -0.05) is 26.8 Å². The molecule has 1 rings (SSSR count). The van der Waals surface area contributed by atoms with Gasteiger partial charge in [0.25, 0.3) is 0 Å². The van der Waals surface area contributed by atoms with Crippen molar-refractivity contribution in [3.8, 4) is 0 Å². The van der Waals surface area contributed by atoms with Gasteiger partial charge in [0.15, 0.2) is 9.84 Å². The Bertz CT molecular complexity index is 676. The first-order valence-electron chi connectivity index (χ1n) is 7.38. The van der Waals surface area contributed by atoms with Crippen LogP contribution in [0.4, 0.5) is 5.69 Å². The average Bonchev–Trinajstić information content (AvgIpc) is 2.41. The van der Waals surface area contributed by atoms with Crippen LogP contribution in [0.2, 0.25) is 0 Å². The molecule has 0 spiro atoms. The Morgan fingerprint density at radius 2 is 1.83 bits per heavy atom. The lowest BCUT2D eigenvalue weighted by Gasteiger charge is -2.17. The molecule has 1 aromatic carbocycles. The number of hydrogen-bond donors (Lipinski definition) is 2. The first kappa shape index (κ1) is 19.2. The maximum absolute atomic E-state index is 11.8. The molecule has 0 aliphatic carbocycles. The van der Waals surface area contributed by atoms with Crippen molar-refractivity contribution in [3.05, 3.63) is 24.3 Å². The zero-order chi connectivity index (χ0) is 17.7. The van der Waals surface area contributed by atoms with Gasteiger partial charge in [0.05, 0.1) is 4.90 Å². The number of nitrogens with one attached hydrogen (secondary N) is 2. The smallest absolute Gasteiger partial charge is 0.225 e. The van der Waals surface area contributed by atoms with Crippen LogP contribution in [0.5, 0.6) is 0 Å². The van der Waals surface area contributed by atoms with Crippen LogP contribution in [0.15, 0.2) is 29.2 Å². The molecule has 0 aromatic heterocycles. The van der Waals surface area contributed by atoms with E-state index >= 15 is 0 Å². The SMILES string of the molecule is CC(C)(C)C(=O)NCCCC(=O)Nc1cccc(S(C)(=O)=O)c1. The van der Waals surface area contributed by atoms with Gasteiger partial charge < -0.3 is 10.6 Å². The summed E-state index contributed by atoms with van der Waals surface area (Å²) in [6.45, 7) is 5.89. The van der Waals surface area contributed by atoms with Crippen molar-refractivity contribution < 1.29 is 18.0 Å². The second kappa shape index (κ2) is 7.59. The van der Waals surface area contributed by atoms with Gasteiger partial charge in [-0.3, -0.25) is 9.59 Å². The van der Waals surface area contributed by atoms with Gasteiger partial charge >= 0.3 is 0 Å². The Labute approximate surface area is 137 Å². The number of amides is 2. The highest BCUT2D eigenvalue weighted by molar-refractivity contribution is 7.90. The number of benzene rings is 1. The standard InChI is InChI=1S/C16H24N2O4S/c1-16(2,3)15(20)17-10-6-9-14(19)18-12-7-5-8-13(11-12)23(4,21)22/h5,7-8,11H,6,9-10H2,1-4H3,(H,17,20)(H,18,19). The van der Waals surface area contributed by atoms with Crippen LogP contribution in [0, 0.1) is 5.41 Å². The molecule has 0 radical (unpaired) electrons. The molecule has 6 nitrogen and oxygen atoms in total. The van der Waals surface area contributed by atoms with Crippen molar-refractivity contribution in [2.24, 2.45) is 5.41 Å². The maximum Gasteiger partial charge on any atom is 0.225 e. The van der Waals surface area contributed by atoms with E-state index in [1.54, 1.807) is 12.1 Å². The fraction of sp³-hybridized carbons (Fsp3) is 0.500. The molecule has 128 valence electrons. The maximum atomic E-state index is 11.8. The van der Waals surface area contributed by atoms with Crippen molar-refractivity contribution >= 4 is 27.3 Å². The highest BCUT2D eigenvalue weighted by Crippen LogP contribution is 2.15. The van der Waals surface area contributed by atoms with Crippen molar-refractivity contribution in [1.82, 2.24) is 5.32 Å². The van der Waals surface area contributed by atoms with Crippen molar-refractivity contribution in [3.63, 3.8) is 0 Å². The monoisotopic (exact) mass is 340 g/mol. The third-order valence-electron chi connectivity index (χ3n) is 3.09. The topological polar surface area (TPSA) is 92.3 Å². The van der Waals surface area contributed by atoms with Crippen molar-refractivity contribution in [2.75, 3.05) is 18.1 Å². The molecule has 0 aliphatic heterocycles. The number of anilines is 1. The third-order valence-corrected chi connectivity index (χ3v) is 4.20. The van der Waals surface area contributed by atoms with Gasteiger partial charge in [0.2, 0.25) is 11.8 Å². The second-order valence-electron chi connectivity index (χ2n) is 6.46. The number of sulfone groups is 1. The van der Waals surface area contributed by atoms with Gasteiger partial charge in [0.1, 0.15) is 0 Å². The number of carbonyl (C=O) groups is 2. The average molecular weight is 340 g/mol. The lowest BCUT2D eigenvalue weighted by Crippen LogP contribution is -2.35. The Kier molecular flexibility index (Phi) is 6.32. The highest BCUT2D eigenvalue weighted by Gasteiger charge is 2.20. The van der Waals surface area contributed by atoms with E-state index in [0.29, 0.717) is 18.7 Å². The van der Waals surface area contributed by atoms with E-state index in [4.69, 9.17) is 0 Å². The van der Waals surface area contributed by atoms with Crippen molar-refractivity contribution in [2.45, 2.75) is 38.5 Å². The molecule has 0 atom stereocenters. The molecule has 0 saturated carbocycles. The predicted molar refractivity (Wildman–Crippen MR) is 89.9 cm³/mol. The predicted octanol–water partition coefficient (Wildman–Crippen LogP) is 1.97. The largest absolute Gasteiger partial charge is 0.356 e. The molecule has 0 saturated heterocycles. The summed E-state index contributed by atoms with van der Waals surface area (Å²) in [5.74, 6) is -0.278. The fourth-order valence-electron chi connectivity index (χ4n) is 1.74. The van der Waals surface area contributed by atoms with E-state index in [1.165, 1.54) is 12.1 Å². The Balaban J connectivity index is 2.45. The molecule has 2 N–H and O–H groups in total. The van der Waals surface area contributed by atoms with Crippen LogP contribution in [0.25, 0.3) is 0 Å². The molecular formula is C16H24N2O4S. The highest BCUT2D eigenvalue weighted by atomic mass is 32.2. The molecular weight excluding hydrogens is 316 g/mol. The molecule has 1 aromatic rings. The van der Waals surface area contributed by atoms with Crippen LogP contribution < -0.4 is 10.6 Å². The van der Waals surface area contributed by atoms with Crippen LogP contribution in [0.3, 0.4) is 0 Å². The molecule has 23 heavy (non-hydrogen) atoms. The first-order chi connectivity index (χ1) is 10.5. The summed E-state index contributed by atoms with van der Waals surface area (Å²) in [5.41, 5.74) is -0.00871. The minimum Gasteiger partial charge on any atom is -0.356 e. The van der Waals surface area contributed by atoms with E-state index < -0.39 is 15.3 Å². The molecule has 0 fully saturated rings. The summed E-state index contributed by atoms with van der Waals surface area (Å²) >= 11 is 0. The summed E-state index contributed by atoms with van der Waals surface area (Å²) in [5, 5.41) is 5.43. The molecule has 0 unspecified atom stereocenters. The minimum absolute atomic E-state index is 0.0567. The van der Waals surface area contributed by atoms with Gasteiger partial charge in [-0.2, -0.15) is 0 Å². The molecule has 7 heteroatoms. The summed E-state index contributed by atoms with van der Waals surface area (Å²) < 4.78 is 22.9. The van der Waals surface area contributed by atoms with Gasteiger partial charge in [-0.25, -0.2) is 8.42 Å². The Morgan fingerprint density at radius 3 is 2.39 bits per heavy atom. The quantitative estimate of drug-likeness (QED) is 0.774. The van der Waals surface area contributed by atoms with E-state index in [1.807, 2.05) is 20.8 Å². The summed E-state index contributed by atoms with van der Waals surface area (Å²) in [7, 11) is -3.30. The van der Waals surface area contributed by atoms with Crippen LogP contribution >= 0.6 is 0 Å². The minimum atomic E-state index is -3.30. The Hall–Kier alpha value is -1.89.